The highest BCUT2D eigenvalue weighted by molar-refractivity contribution is 14.1. The molecule has 0 aliphatic heterocycles. The molecule has 0 bridgehead atoms. The average molecular weight is 248 g/mol. The topological polar surface area (TPSA) is 75.7 Å². The number of nitrogens with two attached hydrogens (primary N) is 1. The zero-order valence-electron chi connectivity index (χ0n) is 5.00. The molecule has 0 aromatic carbocycles. The van der Waals surface area contributed by atoms with Gasteiger partial charge in [0.05, 0.1) is 5.69 Å². The second-order valence-corrected chi connectivity index (χ2v) is 2.63. The minimum atomic E-state index is 0.470. The van der Waals surface area contributed by atoms with E-state index in [-0.39, 0.29) is 0 Å². The third kappa shape index (κ3) is 1.23. The summed E-state index contributed by atoms with van der Waals surface area (Å²) in [4.78, 5) is 7.61. The third-order valence-corrected chi connectivity index (χ3v) is 1.86. The van der Waals surface area contributed by atoms with Crippen molar-refractivity contribution in [2.75, 3.05) is 5.73 Å². The van der Waals surface area contributed by atoms with Crippen LogP contribution in [0.1, 0.15) is 5.69 Å². The molecule has 0 aliphatic rings. The molecular formula is C5H5IN4. The van der Waals surface area contributed by atoms with Crippen molar-refractivity contribution in [2.24, 2.45) is 0 Å². The maximum Gasteiger partial charge on any atom is 0.128 e. The standard InChI is InChI=1S/C5H5IN4/c6-5-4(8)3(1-7)9-2-10-5/h1-2,7H,8H2. The number of nitrogen functional groups attached to an aromatic ring is 1. The van der Waals surface area contributed by atoms with Crippen LogP contribution in [0, 0.1) is 9.11 Å². The number of aromatic nitrogens is 2. The van der Waals surface area contributed by atoms with Gasteiger partial charge in [0.15, 0.2) is 0 Å². The summed E-state index contributed by atoms with van der Waals surface area (Å²) in [5, 5.41) is 6.88. The normalized spacial score (nSPS) is 9.30. The Balaban J connectivity index is 3.27. The molecule has 0 saturated carbocycles. The van der Waals surface area contributed by atoms with E-state index in [0.29, 0.717) is 15.1 Å². The van der Waals surface area contributed by atoms with Crippen molar-refractivity contribution in [1.29, 1.82) is 5.41 Å². The summed E-state index contributed by atoms with van der Waals surface area (Å²) < 4.78 is 0.686. The molecule has 0 fully saturated rings. The molecule has 5 heteroatoms. The Bertz CT molecular complexity index is 260. The molecule has 0 amide bonds. The summed E-state index contributed by atoms with van der Waals surface area (Å²) in [5.41, 5.74) is 6.45. The molecule has 1 heterocycles. The molecule has 1 aromatic heterocycles. The largest absolute Gasteiger partial charge is 0.395 e. The SMILES string of the molecule is N=Cc1ncnc(I)c1N. The molecule has 0 spiro atoms. The fourth-order valence-corrected chi connectivity index (χ4v) is 0.902. The fraction of sp³-hybridized carbons (Fsp3) is 0. The third-order valence-electron chi connectivity index (χ3n) is 1.00. The Morgan fingerprint density at radius 3 is 2.80 bits per heavy atom. The zero-order chi connectivity index (χ0) is 7.56. The number of hydrogen-bond acceptors (Lipinski definition) is 4. The first kappa shape index (κ1) is 7.39. The van der Waals surface area contributed by atoms with Crippen LogP contribution in [0.15, 0.2) is 6.33 Å². The van der Waals surface area contributed by atoms with Gasteiger partial charge in [0, 0.05) is 6.21 Å². The van der Waals surface area contributed by atoms with Gasteiger partial charge in [-0.15, -0.1) is 0 Å². The molecule has 0 unspecified atom stereocenters. The number of hydrogen-bond donors (Lipinski definition) is 2. The highest BCUT2D eigenvalue weighted by Crippen LogP contribution is 2.11. The summed E-state index contributed by atoms with van der Waals surface area (Å²) in [5.74, 6) is 0. The lowest BCUT2D eigenvalue weighted by molar-refractivity contribution is 1.13. The molecule has 1 rings (SSSR count). The lowest BCUT2D eigenvalue weighted by Crippen LogP contribution is -2.00. The molecular weight excluding hydrogens is 243 g/mol. The molecule has 0 atom stereocenters. The predicted octanol–water partition coefficient (Wildman–Crippen LogP) is 0.661. The first-order valence-corrected chi connectivity index (χ1v) is 3.60. The molecule has 3 N–H and O–H groups in total. The highest BCUT2D eigenvalue weighted by atomic mass is 127. The Labute approximate surface area is 71.5 Å². The Morgan fingerprint density at radius 1 is 1.60 bits per heavy atom. The van der Waals surface area contributed by atoms with Crippen molar-refractivity contribution in [3.05, 3.63) is 15.7 Å². The second kappa shape index (κ2) is 2.91. The smallest absolute Gasteiger partial charge is 0.128 e. The van der Waals surface area contributed by atoms with E-state index in [0.717, 1.165) is 6.21 Å². The van der Waals surface area contributed by atoms with Gasteiger partial charge in [-0.3, -0.25) is 0 Å². The first-order chi connectivity index (χ1) is 4.75. The monoisotopic (exact) mass is 248 g/mol. The molecule has 0 saturated heterocycles. The molecule has 0 aliphatic carbocycles. The van der Waals surface area contributed by atoms with Crippen LogP contribution in [0.4, 0.5) is 5.69 Å². The lowest BCUT2D eigenvalue weighted by Gasteiger charge is -1.97. The van der Waals surface area contributed by atoms with Gasteiger partial charge in [-0.25, -0.2) is 9.97 Å². The van der Waals surface area contributed by atoms with Crippen molar-refractivity contribution < 1.29 is 0 Å². The van der Waals surface area contributed by atoms with Crippen LogP contribution >= 0.6 is 22.6 Å². The highest BCUT2D eigenvalue weighted by Gasteiger charge is 2.00. The summed E-state index contributed by atoms with van der Waals surface area (Å²) in [6.07, 6.45) is 2.50. The quantitative estimate of drug-likeness (QED) is 0.435. The Kier molecular flexibility index (Phi) is 2.15. The van der Waals surface area contributed by atoms with E-state index in [1.165, 1.54) is 6.33 Å². The molecule has 10 heavy (non-hydrogen) atoms. The van der Waals surface area contributed by atoms with E-state index in [2.05, 4.69) is 9.97 Å². The first-order valence-electron chi connectivity index (χ1n) is 2.52. The van der Waals surface area contributed by atoms with E-state index in [1.807, 2.05) is 22.6 Å². The van der Waals surface area contributed by atoms with Crippen LogP contribution in [0.5, 0.6) is 0 Å². The van der Waals surface area contributed by atoms with E-state index in [4.69, 9.17) is 11.1 Å². The van der Waals surface area contributed by atoms with Crippen molar-refractivity contribution in [3.8, 4) is 0 Å². The van der Waals surface area contributed by atoms with Gasteiger partial charge in [0.1, 0.15) is 15.7 Å². The van der Waals surface area contributed by atoms with Crippen LogP contribution in [-0.2, 0) is 0 Å². The summed E-state index contributed by atoms with van der Waals surface area (Å²) in [6.45, 7) is 0. The number of anilines is 1. The minimum absolute atomic E-state index is 0.470. The van der Waals surface area contributed by atoms with Gasteiger partial charge in [-0.2, -0.15) is 0 Å². The molecule has 4 nitrogen and oxygen atoms in total. The molecule has 52 valence electrons. The van der Waals surface area contributed by atoms with E-state index >= 15 is 0 Å². The van der Waals surface area contributed by atoms with Crippen molar-refractivity contribution >= 4 is 34.5 Å². The van der Waals surface area contributed by atoms with E-state index < -0.39 is 0 Å². The van der Waals surface area contributed by atoms with Gasteiger partial charge in [-0.1, -0.05) is 0 Å². The fourth-order valence-electron chi connectivity index (χ4n) is 0.502. The molecule has 1 aromatic rings. The van der Waals surface area contributed by atoms with Crippen molar-refractivity contribution in [3.63, 3.8) is 0 Å². The minimum Gasteiger partial charge on any atom is -0.395 e. The van der Waals surface area contributed by atoms with Crippen LogP contribution < -0.4 is 5.73 Å². The van der Waals surface area contributed by atoms with Gasteiger partial charge in [0.25, 0.3) is 0 Å². The maximum atomic E-state index is 6.88. The zero-order valence-corrected chi connectivity index (χ0v) is 7.16. The van der Waals surface area contributed by atoms with Crippen LogP contribution in [-0.4, -0.2) is 16.2 Å². The predicted molar refractivity (Wildman–Crippen MR) is 47.0 cm³/mol. The average Bonchev–Trinajstić information content (AvgIpc) is 1.95. The van der Waals surface area contributed by atoms with E-state index in [9.17, 15) is 0 Å². The van der Waals surface area contributed by atoms with Crippen LogP contribution in [0.25, 0.3) is 0 Å². The van der Waals surface area contributed by atoms with Crippen molar-refractivity contribution in [1.82, 2.24) is 9.97 Å². The van der Waals surface area contributed by atoms with Gasteiger partial charge >= 0.3 is 0 Å². The van der Waals surface area contributed by atoms with Crippen LogP contribution in [0.2, 0.25) is 0 Å². The lowest BCUT2D eigenvalue weighted by atomic mass is 10.4. The van der Waals surface area contributed by atoms with Crippen LogP contribution in [0.3, 0.4) is 0 Å². The van der Waals surface area contributed by atoms with Gasteiger partial charge in [0.2, 0.25) is 0 Å². The number of halogens is 1. The maximum absolute atomic E-state index is 6.88. The summed E-state index contributed by atoms with van der Waals surface area (Å²) in [6, 6.07) is 0. The van der Waals surface area contributed by atoms with E-state index in [1.54, 1.807) is 0 Å². The van der Waals surface area contributed by atoms with Gasteiger partial charge in [-0.05, 0) is 22.6 Å². The summed E-state index contributed by atoms with van der Waals surface area (Å²) >= 11 is 1.99. The molecule has 0 radical (unpaired) electrons. The van der Waals surface area contributed by atoms with Crippen molar-refractivity contribution in [2.45, 2.75) is 0 Å². The summed E-state index contributed by atoms with van der Waals surface area (Å²) in [7, 11) is 0. The Morgan fingerprint density at radius 2 is 2.30 bits per heavy atom. The number of nitrogens with zero attached hydrogens (tertiary/aromatic N) is 2. The number of nitrogens with one attached hydrogen (secondary N) is 1. The second-order valence-electron chi connectivity index (χ2n) is 1.61. The number of rotatable bonds is 1. The van der Waals surface area contributed by atoms with Gasteiger partial charge < -0.3 is 11.1 Å². The Hall–Kier alpha value is -0.720.